The number of hydrogen-bond acceptors (Lipinski definition) is 6. The Hall–Kier alpha value is -2.58. The van der Waals surface area contributed by atoms with E-state index in [-0.39, 0.29) is 18.7 Å². The van der Waals surface area contributed by atoms with E-state index in [0.29, 0.717) is 29.6 Å². The van der Waals surface area contributed by atoms with Gasteiger partial charge in [-0.15, -0.1) is 0 Å². The highest BCUT2D eigenvalue weighted by Crippen LogP contribution is 2.28. The van der Waals surface area contributed by atoms with Crippen molar-refractivity contribution in [2.75, 3.05) is 13.1 Å². The first-order valence-corrected chi connectivity index (χ1v) is 9.78. The molecule has 0 radical (unpaired) electrons. The van der Waals surface area contributed by atoms with Gasteiger partial charge in [0.2, 0.25) is 11.8 Å². The Morgan fingerprint density at radius 2 is 1.89 bits per heavy atom. The highest BCUT2D eigenvalue weighted by molar-refractivity contribution is 6.23. The molecule has 0 aromatic heterocycles. The van der Waals surface area contributed by atoms with Crippen LogP contribution >= 0.6 is 0 Å². The van der Waals surface area contributed by atoms with Gasteiger partial charge < -0.3 is 10.6 Å². The SMILES string of the molecule is CC[C@H]1CNC[C@H]1NCc1ccc2c(c1)C(=O)N(C1CCC(=O)NC1=O)C2=O. The van der Waals surface area contributed by atoms with E-state index < -0.39 is 23.8 Å². The van der Waals surface area contributed by atoms with Gasteiger partial charge in [-0.3, -0.25) is 29.4 Å². The van der Waals surface area contributed by atoms with E-state index in [9.17, 15) is 19.2 Å². The predicted octanol–water partition coefficient (Wildman–Crippen LogP) is 0.175. The highest BCUT2D eigenvalue weighted by Gasteiger charge is 2.44. The van der Waals surface area contributed by atoms with E-state index >= 15 is 0 Å². The summed E-state index contributed by atoms with van der Waals surface area (Å²) in [5.41, 5.74) is 1.56. The average molecular weight is 384 g/mol. The molecule has 4 amide bonds. The third-order valence-corrected chi connectivity index (χ3v) is 5.94. The number of piperidine rings is 1. The average Bonchev–Trinajstić information content (AvgIpc) is 3.23. The van der Waals surface area contributed by atoms with Gasteiger partial charge in [0.1, 0.15) is 6.04 Å². The minimum atomic E-state index is -0.929. The van der Waals surface area contributed by atoms with Crippen LogP contribution in [-0.2, 0) is 16.1 Å². The van der Waals surface area contributed by atoms with Crippen molar-refractivity contribution in [3.8, 4) is 0 Å². The number of nitrogens with zero attached hydrogens (tertiary/aromatic N) is 1. The molecule has 1 aromatic carbocycles. The van der Waals surface area contributed by atoms with Crippen molar-refractivity contribution >= 4 is 23.6 Å². The molecule has 1 aromatic rings. The molecule has 28 heavy (non-hydrogen) atoms. The van der Waals surface area contributed by atoms with Crippen molar-refractivity contribution in [2.24, 2.45) is 5.92 Å². The van der Waals surface area contributed by atoms with Gasteiger partial charge in [0.25, 0.3) is 11.8 Å². The van der Waals surface area contributed by atoms with E-state index in [1.54, 1.807) is 12.1 Å². The molecular weight excluding hydrogens is 360 g/mol. The number of rotatable bonds is 5. The number of amides is 4. The van der Waals surface area contributed by atoms with Crippen LogP contribution in [0.1, 0.15) is 52.5 Å². The van der Waals surface area contributed by atoms with Gasteiger partial charge in [-0.05, 0) is 36.6 Å². The second-order valence-corrected chi connectivity index (χ2v) is 7.64. The molecule has 3 N–H and O–H groups in total. The Morgan fingerprint density at radius 3 is 2.64 bits per heavy atom. The van der Waals surface area contributed by atoms with Gasteiger partial charge in [-0.1, -0.05) is 19.4 Å². The number of nitrogens with one attached hydrogen (secondary N) is 3. The van der Waals surface area contributed by atoms with Crippen molar-refractivity contribution < 1.29 is 19.2 Å². The van der Waals surface area contributed by atoms with Gasteiger partial charge in [0.05, 0.1) is 11.1 Å². The Kier molecular flexibility index (Phi) is 4.99. The van der Waals surface area contributed by atoms with Gasteiger partial charge in [0.15, 0.2) is 0 Å². The second-order valence-electron chi connectivity index (χ2n) is 7.64. The van der Waals surface area contributed by atoms with Crippen LogP contribution in [-0.4, -0.2) is 53.7 Å². The summed E-state index contributed by atoms with van der Waals surface area (Å²) in [6.45, 7) is 4.71. The first-order chi connectivity index (χ1) is 13.5. The topological polar surface area (TPSA) is 108 Å². The molecule has 0 bridgehead atoms. The maximum absolute atomic E-state index is 12.9. The van der Waals surface area contributed by atoms with E-state index in [2.05, 4.69) is 22.9 Å². The maximum Gasteiger partial charge on any atom is 0.262 e. The lowest BCUT2D eigenvalue weighted by molar-refractivity contribution is -0.136. The zero-order valence-corrected chi connectivity index (χ0v) is 15.8. The third-order valence-electron chi connectivity index (χ3n) is 5.94. The first-order valence-electron chi connectivity index (χ1n) is 9.78. The summed E-state index contributed by atoms with van der Waals surface area (Å²) in [6.07, 6.45) is 1.38. The number of hydrogen-bond donors (Lipinski definition) is 3. The summed E-state index contributed by atoms with van der Waals surface area (Å²) in [6, 6.07) is 4.69. The molecule has 3 aliphatic heterocycles. The fraction of sp³-hybridized carbons (Fsp3) is 0.500. The molecule has 1 unspecified atom stereocenters. The van der Waals surface area contributed by atoms with Crippen LogP contribution in [0.2, 0.25) is 0 Å². The number of benzene rings is 1. The smallest absolute Gasteiger partial charge is 0.262 e. The van der Waals surface area contributed by atoms with Crippen molar-refractivity contribution in [1.29, 1.82) is 0 Å². The van der Waals surface area contributed by atoms with Crippen LogP contribution in [0, 0.1) is 5.92 Å². The first kappa shape index (κ1) is 18.8. The Balaban J connectivity index is 1.49. The van der Waals surface area contributed by atoms with E-state index in [1.165, 1.54) is 0 Å². The molecule has 4 rings (SSSR count). The molecule has 8 heteroatoms. The molecule has 148 valence electrons. The van der Waals surface area contributed by atoms with Crippen LogP contribution < -0.4 is 16.0 Å². The lowest BCUT2D eigenvalue weighted by Crippen LogP contribution is -2.54. The van der Waals surface area contributed by atoms with Crippen molar-refractivity contribution in [3.05, 3.63) is 34.9 Å². The standard InChI is InChI=1S/C20H24N4O4/c1-2-12-9-21-10-15(12)22-8-11-3-4-13-14(7-11)20(28)24(19(13)27)16-5-6-17(25)23-18(16)26/h3-4,7,12,15-16,21-22H,2,5-6,8-10H2,1H3,(H,23,25,26)/t12-,15+,16?/m0/s1. The second kappa shape index (κ2) is 7.44. The molecule has 3 atom stereocenters. The molecule has 2 fully saturated rings. The summed E-state index contributed by atoms with van der Waals surface area (Å²) in [5, 5.41) is 9.12. The third kappa shape index (κ3) is 3.22. The lowest BCUT2D eigenvalue weighted by atomic mass is 10.00. The molecule has 0 saturated carbocycles. The monoisotopic (exact) mass is 384 g/mol. The van der Waals surface area contributed by atoms with E-state index in [0.717, 1.165) is 30.0 Å². The summed E-state index contributed by atoms with van der Waals surface area (Å²) in [7, 11) is 0. The minimum Gasteiger partial charge on any atom is -0.315 e. The number of fused-ring (bicyclic) bond motifs is 1. The van der Waals surface area contributed by atoms with Crippen molar-refractivity contribution in [3.63, 3.8) is 0 Å². The minimum absolute atomic E-state index is 0.118. The number of imide groups is 2. The molecular formula is C20H24N4O4. The quantitative estimate of drug-likeness (QED) is 0.625. The predicted molar refractivity (Wildman–Crippen MR) is 100 cm³/mol. The van der Waals surface area contributed by atoms with Crippen LogP contribution in [0.4, 0.5) is 0 Å². The zero-order chi connectivity index (χ0) is 19.8. The Labute approximate surface area is 163 Å². The van der Waals surface area contributed by atoms with Crippen LogP contribution in [0.5, 0.6) is 0 Å². The molecule has 2 saturated heterocycles. The van der Waals surface area contributed by atoms with Crippen LogP contribution in [0.15, 0.2) is 18.2 Å². The van der Waals surface area contributed by atoms with Crippen molar-refractivity contribution in [2.45, 2.75) is 44.8 Å². The number of carbonyl (C=O) groups is 4. The number of carbonyl (C=O) groups excluding carboxylic acids is 4. The van der Waals surface area contributed by atoms with Gasteiger partial charge >= 0.3 is 0 Å². The van der Waals surface area contributed by atoms with E-state index in [4.69, 9.17) is 0 Å². The van der Waals surface area contributed by atoms with E-state index in [1.807, 2.05) is 6.07 Å². The fourth-order valence-corrected chi connectivity index (χ4v) is 4.28. The zero-order valence-electron chi connectivity index (χ0n) is 15.8. The van der Waals surface area contributed by atoms with Crippen LogP contribution in [0.25, 0.3) is 0 Å². The van der Waals surface area contributed by atoms with Gasteiger partial charge in [0, 0.05) is 25.6 Å². The largest absolute Gasteiger partial charge is 0.315 e. The molecule has 3 aliphatic rings. The van der Waals surface area contributed by atoms with Crippen molar-refractivity contribution in [1.82, 2.24) is 20.9 Å². The Bertz CT molecular complexity index is 853. The highest BCUT2D eigenvalue weighted by atomic mass is 16.2. The summed E-state index contributed by atoms with van der Waals surface area (Å²) in [4.78, 5) is 50.0. The molecule has 3 heterocycles. The summed E-state index contributed by atoms with van der Waals surface area (Å²) >= 11 is 0. The van der Waals surface area contributed by atoms with Crippen LogP contribution in [0.3, 0.4) is 0 Å². The molecule has 0 aliphatic carbocycles. The normalized spacial score (nSPS) is 27.3. The fourth-order valence-electron chi connectivity index (χ4n) is 4.28. The summed E-state index contributed by atoms with van der Waals surface area (Å²) < 4.78 is 0. The summed E-state index contributed by atoms with van der Waals surface area (Å²) in [5.74, 6) is -1.32. The van der Waals surface area contributed by atoms with Gasteiger partial charge in [-0.25, -0.2) is 0 Å². The molecule has 0 spiro atoms. The maximum atomic E-state index is 12.9. The Morgan fingerprint density at radius 1 is 1.11 bits per heavy atom. The lowest BCUT2D eigenvalue weighted by Gasteiger charge is -2.27. The van der Waals surface area contributed by atoms with Gasteiger partial charge in [-0.2, -0.15) is 0 Å². The molecule has 8 nitrogen and oxygen atoms in total.